The molecule has 0 saturated carbocycles. The van der Waals surface area contributed by atoms with Gasteiger partial charge in [-0.3, -0.25) is 0 Å². The second kappa shape index (κ2) is 7.48. The Morgan fingerprint density at radius 1 is 0.767 bits per heavy atom. The summed E-state index contributed by atoms with van der Waals surface area (Å²) in [7, 11) is 1.68. The summed E-state index contributed by atoms with van der Waals surface area (Å²) in [5.74, 6) is 2.16. The highest BCUT2D eigenvalue weighted by Crippen LogP contribution is 2.35. The summed E-state index contributed by atoms with van der Waals surface area (Å²) in [5, 5.41) is 6.70. The number of aromatic nitrogens is 2. The van der Waals surface area contributed by atoms with E-state index in [9.17, 15) is 0 Å². The number of rotatable bonds is 4. The molecule has 0 spiro atoms. The first-order valence-corrected chi connectivity index (χ1v) is 9.89. The number of aryl methyl sites for hydroxylation is 1. The first-order chi connectivity index (χ1) is 14.7. The van der Waals surface area contributed by atoms with Gasteiger partial charge >= 0.3 is 0 Å². The molecule has 5 rings (SSSR count). The van der Waals surface area contributed by atoms with Crippen molar-refractivity contribution in [1.82, 2.24) is 9.97 Å². The van der Waals surface area contributed by atoms with Gasteiger partial charge in [-0.15, -0.1) is 0 Å². The molecule has 0 unspecified atom stereocenters. The number of hydrogen-bond donors (Lipinski definition) is 1. The average molecular weight is 391 g/mol. The topological polar surface area (TPSA) is 47.0 Å². The van der Waals surface area contributed by atoms with Crippen LogP contribution in [0.4, 0.5) is 11.5 Å². The van der Waals surface area contributed by atoms with Crippen molar-refractivity contribution in [1.29, 1.82) is 0 Å². The van der Waals surface area contributed by atoms with Gasteiger partial charge in [0.05, 0.1) is 18.2 Å². The van der Waals surface area contributed by atoms with E-state index in [4.69, 9.17) is 14.7 Å². The van der Waals surface area contributed by atoms with E-state index in [2.05, 4.69) is 42.6 Å². The van der Waals surface area contributed by atoms with Crippen LogP contribution in [0, 0.1) is 6.92 Å². The number of benzene rings is 4. The maximum absolute atomic E-state index is 5.69. The maximum Gasteiger partial charge on any atom is 0.165 e. The molecule has 0 fully saturated rings. The number of para-hydroxylation sites is 1. The molecule has 4 nitrogen and oxygen atoms in total. The van der Waals surface area contributed by atoms with Crippen LogP contribution in [0.2, 0.25) is 0 Å². The van der Waals surface area contributed by atoms with E-state index in [1.54, 1.807) is 7.11 Å². The summed E-state index contributed by atoms with van der Waals surface area (Å²) in [5.41, 5.74) is 3.94. The van der Waals surface area contributed by atoms with E-state index in [-0.39, 0.29) is 0 Å². The Bertz CT molecular complexity index is 1380. The van der Waals surface area contributed by atoms with Crippen LogP contribution in [0.15, 0.2) is 84.9 Å². The predicted octanol–water partition coefficient (Wildman–Crippen LogP) is 6.51. The lowest BCUT2D eigenvalue weighted by molar-refractivity contribution is 0.417. The van der Waals surface area contributed by atoms with Crippen molar-refractivity contribution in [2.45, 2.75) is 6.92 Å². The van der Waals surface area contributed by atoms with Gasteiger partial charge in [0.1, 0.15) is 11.6 Å². The summed E-state index contributed by atoms with van der Waals surface area (Å²) in [4.78, 5) is 9.76. The molecule has 0 aliphatic heterocycles. The highest BCUT2D eigenvalue weighted by atomic mass is 16.5. The van der Waals surface area contributed by atoms with Crippen LogP contribution >= 0.6 is 0 Å². The van der Waals surface area contributed by atoms with E-state index in [0.717, 1.165) is 44.5 Å². The Labute approximate surface area is 175 Å². The van der Waals surface area contributed by atoms with Crippen molar-refractivity contribution in [3.05, 3.63) is 90.5 Å². The number of methoxy groups -OCH3 is 1. The summed E-state index contributed by atoms with van der Waals surface area (Å²) in [6.07, 6.45) is 0. The Hall–Kier alpha value is -3.92. The summed E-state index contributed by atoms with van der Waals surface area (Å²) >= 11 is 0. The molecule has 0 atom stereocenters. The van der Waals surface area contributed by atoms with Crippen LogP contribution in [0.25, 0.3) is 33.1 Å². The van der Waals surface area contributed by atoms with Crippen LogP contribution < -0.4 is 10.1 Å². The van der Waals surface area contributed by atoms with Gasteiger partial charge in [0.15, 0.2) is 5.82 Å². The second-order valence-electron chi connectivity index (χ2n) is 7.31. The molecule has 0 aliphatic rings. The molecule has 4 heteroatoms. The fourth-order valence-electron chi connectivity index (χ4n) is 3.71. The number of fused-ring (bicyclic) bond motifs is 2. The quantitative estimate of drug-likeness (QED) is 0.379. The smallest absolute Gasteiger partial charge is 0.165 e. The van der Waals surface area contributed by atoms with Crippen molar-refractivity contribution in [3.8, 4) is 17.1 Å². The number of hydrogen-bond acceptors (Lipinski definition) is 4. The number of nitrogens with zero attached hydrogens (tertiary/aromatic N) is 2. The molecular weight excluding hydrogens is 370 g/mol. The first kappa shape index (κ1) is 18.1. The van der Waals surface area contributed by atoms with Crippen LogP contribution in [0.3, 0.4) is 0 Å². The van der Waals surface area contributed by atoms with Gasteiger partial charge in [-0.25, -0.2) is 9.97 Å². The van der Waals surface area contributed by atoms with Crippen molar-refractivity contribution < 1.29 is 4.74 Å². The molecule has 0 saturated heterocycles. The fraction of sp³-hybridized carbons (Fsp3) is 0.0769. The molecule has 30 heavy (non-hydrogen) atoms. The van der Waals surface area contributed by atoms with Crippen LogP contribution in [0.1, 0.15) is 5.56 Å². The van der Waals surface area contributed by atoms with Crippen molar-refractivity contribution in [2.75, 3.05) is 12.4 Å². The lowest BCUT2D eigenvalue weighted by atomic mass is 10.0. The van der Waals surface area contributed by atoms with Crippen molar-refractivity contribution >= 4 is 33.2 Å². The molecule has 0 aliphatic carbocycles. The fourth-order valence-corrected chi connectivity index (χ4v) is 3.71. The zero-order chi connectivity index (χ0) is 20.5. The lowest BCUT2D eigenvalue weighted by Crippen LogP contribution is -2.00. The number of anilines is 2. The van der Waals surface area contributed by atoms with Gasteiger partial charge in [-0.2, -0.15) is 0 Å². The van der Waals surface area contributed by atoms with Crippen LogP contribution in [-0.4, -0.2) is 17.1 Å². The Balaban J connectivity index is 1.71. The standard InChI is InChI=1S/C26H21N3O/c1-17-8-7-11-20(14-17)27-25-21-12-5-6-13-23(21)28-26(29-25)22-15-18-9-3-4-10-19(18)16-24(22)30-2/h3-16H,1-2H3,(H,27,28,29). The second-order valence-corrected chi connectivity index (χ2v) is 7.31. The van der Waals surface area contributed by atoms with Crippen molar-refractivity contribution in [2.24, 2.45) is 0 Å². The third kappa shape index (κ3) is 3.33. The van der Waals surface area contributed by atoms with Crippen LogP contribution in [0.5, 0.6) is 5.75 Å². The SMILES string of the molecule is COc1cc2ccccc2cc1-c1nc(Nc2cccc(C)c2)c2ccccc2n1. The molecule has 0 amide bonds. The Kier molecular flexibility index (Phi) is 4.52. The lowest BCUT2D eigenvalue weighted by Gasteiger charge is -2.14. The summed E-state index contributed by atoms with van der Waals surface area (Å²) < 4.78 is 5.69. The maximum atomic E-state index is 5.69. The molecule has 146 valence electrons. The zero-order valence-corrected chi connectivity index (χ0v) is 16.9. The monoisotopic (exact) mass is 391 g/mol. The highest BCUT2D eigenvalue weighted by molar-refractivity contribution is 5.94. The van der Waals surface area contributed by atoms with Gasteiger partial charge in [-0.1, -0.05) is 48.5 Å². The third-order valence-corrected chi connectivity index (χ3v) is 5.19. The molecular formula is C26H21N3O. The Morgan fingerprint density at radius 2 is 1.53 bits per heavy atom. The van der Waals surface area contributed by atoms with E-state index in [0.29, 0.717) is 5.82 Å². The summed E-state index contributed by atoms with van der Waals surface area (Å²) in [6, 6.07) is 28.7. The molecule has 4 aromatic carbocycles. The minimum Gasteiger partial charge on any atom is -0.496 e. The normalized spacial score (nSPS) is 11.0. The molecule has 1 heterocycles. The van der Waals surface area contributed by atoms with E-state index in [1.165, 1.54) is 5.56 Å². The first-order valence-electron chi connectivity index (χ1n) is 9.89. The average Bonchev–Trinajstić information content (AvgIpc) is 2.78. The number of nitrogens with one attached hydrogen (secondary N) is 1. The molecule has 0 bridgehead atoms. The Morgan fingerprint density at radius 3 is 2.33 bits per heavy atom. The molecule has 1 N–H and O–H groups in total. The zero-order valence-electron chi connectivity index (χ0n) is 16.9. The van der Waals surface area contributed by atoms with Crippen LogP contribution in [-0.2, 0) is 0 Å². The van der Waals surface area contributed by atoms with E-state index < -0.39 is 0 Å². The van der Waals surface area contributed by atoms with Crippen molar-refractivity contribution in [3.63, 3.8) is 0 Å². The number of ether oxygens (including phenoxy) is 1. The third-order valence-electron chi connectivity index (χ3n) is 5.19. The summed E-state index contributed by atoms with van der Waals surface area (Å²) in [6.45, 7) is 2.08. The van der Waals surface area contributed by atoms with Gasteiger partial charge in [0, 0.05) is 11.1 Å². The predicted molar refractivity (Wildman–Crippen MR) is 123 cm³/mol. The highest BCUT2D eigenvalue weighted by Gasteiger charge is 2.14. The van der Waals surface area contributed by atoms with Gasteiger partial charge in [0.2, 0.25) is 0 Å². The van der Waals surface area contributed by atoms with Gasteiger partial charge in [-0.05, 0) is 59.7 Å². The van der Waals surface area contributed by atoms with E-state index >= 15 is 0 Å². The minimum absolute atomic E-state index is 0.631. The van der Waals surface area contributed by atoms with Gasteiger partial charge in [0.25, 0.3) is 0 Å². The molecule has 1 aromatic heterocycles. The van der Waals surface area contributed by atoms with Gasteiger partial charge < -0.3 is 10.1 Å². The molecule has 5 aromatic rings. The van der Waals surface area contributed by atoms with E-state index in [1.807, 2.05) is 54.6 Å². The molecule has 0 radical (unpaired) electrons. The largest absolute Gasteiger partial charge is 0.496 e. The minimum atomic E-state index is 0.631.